The number of rotatable bonds is 4. The molecule has 22 heavy (non-hydrogen) atoms. The quantitative estimate of drug-likeness (QED) is 0.874. The Morgan fingerprint density at radius 2 is 2.14 bits per heavy atom. The zero-order valence-electron chi connectivity index (χ0n) is 12.5. The fourth-order valence-electron chi connectivity index (χ4n) is 3.03. The van der Waals surface area contributed by atoms with Crippen LogP contribution >= 0.6 is 0 Å². The van der Waals surface area contributed by atoms with E-state index in [0.717, 1.165) is 35.2 Å². The fourth-order valence-corrected chi connectivity index (χ4v) is 3.03. The predicted molar refractivity (Wildman–Crippen MR) is 79.8 cm³/mol. The first kappa shape index (κ1) is 14.4. The maximum atomic E-state index is 11.5. The molecule has 1 N–H and O–H groups in total. The molecule has 1 aromatic carbocycles. The van der Waals surface area contributed by atoms with E-state index >= 15 is 0 Å². The maximum absolute atomic E-state index is 11.5. The summed E-state index contributed by atoms with van der Waals surface area (Å²) in [4.78, 5) is 22.4. The number of carboxylic acid groups (broad SMARTS) is 1. The van der Waals surface area contributed by atoms with Crippen molar-refractivity contribution in [2.45, 2.75) is 32.7 Å². The Kier molecular flexibility index (Phi) is 3.52. The van der Waals surface area contributed by atoms with Crippen LogP contribution in [0, 0.1) is 5.92 Å². The summed E-state index contributed by atoms with van der Waals surface area (Å²) in [5, 5.41) is 17.8. The number of carbonyl (C=O) groups is 2. The molecule has 6 nitrogen and oxygen atoms in total. The van der Waals surface area contributed by atoms with Crippen molar-refractivity contribution in [2.75, 3.05) is 0 Å². The summed E-state index contributed by atoms with van der Waals surface area (Å²) >= 11 is 0. The van der Waals surface area contributed by atoms with E-state index in [4.69, 9.17) is 0 Å². The van der Waals surface area contributed by atoms with Crippen LogP contribution in [-0.4, -0.2) is 32.4 Å². The fraction of sp³-hybridized carbons (Fsp3) is 0.375. The van der Waals surface area contributed by atoms with Gasteiger partial charge in [-0.1, -0.05) is 31.2 Å². The number of carboxylic acids is 1. The third-order valence-corrected chi connectivity index (χ3v) is 4.09. The molecule has 3 rings (SSSR count). The van der Waals surface area contributed by atoms with Crippen LogP contribution in [0.15, 0.2) is 18.2 Å². The maximum Gasteiger partial charge on any atom is 0.328 e. The standard InChI is InChI=1S/C16H17N3O3/c1-9(2)15(16(21)22)19-13-6-4-11-7-10(8-20)3-5-12(11)14(13)17-18-19/h3,5,7-9,15H,4,6H2,1-2H3,(H,21,22)/t15-/m0/s1. The van der Waals surface area contributed by atoms with Gasteiger partial charge >= 0.3 is 5.97 Å². The molecule has 1 aromatic heterocycles. The number of hydrogen-bond donors (Lipinski definition) is 1. The summed E-state index contributed by atoms with van der Waals surface area (Å²) in [6.45, 7) is 3.72. The Morgan fingerprint density at radius 1 is 1.36 bits per heavy atom. The van der Waals surface area contributed by atoms with Gasteiger partial charge in [-0.15, -0.1) is 5.10 Å². The molecule has 0 aliphatic heterocycles. The third kappa shape index (κ3) is 2.20. The highest BCUT2D eigenvalue weighted by molar-refractivity contribution is 5.79. The molecule has 0 spiro atoms. The van der Waals surface area contributed by atoms with Gasteiger partial charge in [0.15, 0.2) is 6.04 Å². The van der Waals surface area contributed by atoms with E-state index in [9.17, 15) is 14.7 Å². The summed E-state index contributed by atoms with van der Waals surface area (Å²) in [6, 6.07) is 4.76. The second-order valence-corrected chi connectivity index (χ2v) is 5.89. The topological polar surface area (TPSA) is 85.1 Å². The SMILES string of the molecule is CC(C)[C@@H](C(=O)O)n1nnc2c1CCc1cc(C=O)ccc1-2. The minimum absolute atomic E-state index is 0.0814. The van der Waals surface area contributed by atoms with E-state index in [2.05, 4.69) is 10.3 Å². The summed E-state index contributed by atoms with van der Waals surface area (Å²) in [7, 11) is 0. The average molecular weight is 299 g/mol. The van der Waals surface area contributed by atoms with Gasteiger partial charge in [0.1, 0.15) is 12.0 Å². The molecular formula is C16H17N3O3. The molecule has 1 aliphatic rings. The zero-order chi connectivity index (χ0) is 15.9. The molecule has 6 heteroatoms. The van der Waals surface area contributed by atoms with Gasteiger partial charge in [-0.3, -0.25) is 4.79 Å². The van der Waals surface area contributed by atoms with Gasteiger partial charge in [0.05, 0.1) is 5.69 Å². The first-order chi connectivity index (χ1) is 10.5. The minimum atomic E-state index is -0.898. The van der Waals surface area contributed by atoms with Crippen LogP contribution < -0.4 is 0 Å². The summed E-state index contributed by atoms with van der Waals surface area (Å²) < 4.78 is 1.54. The van der Waals surface area contributed by atoms with Crippen LogP contribution in [0.5, 0.6) is 0 Å². The van der Waals surface area contributed by atoms with Crippen LogP contribution in [0.3, 0.4) is 0 Å². The van der Waals surface area contributed by atoms with Crippen LogP contribution in [-0.2, 0) is 17.6 Å². The lowest BCUT2D eigenvalue weighted by Crippen LogP contribution is -2.27. The normalized spacial score (nSPS) is 14.3. The lowest BCUT2D eigenvalue weighted by atomic mass is 9.90. The molecule has 0 amide bonds. The number of aryl methyl sites for hydroxylation is 1. The lowest BCUT2D eigenvalue weighted by molar-refractivity contribution is -0.142. The van der Waals surface area contributed by atoms with Crippen molar-refractivity contribution in [3.63, 3.8) is 0 Å². The monoisotopic (exact) mass is 299 g/mol. The second-order valence-electron chi connectivity index (χ2n) is 5.89. The number of benzene rings is 1. The molecule has 1 aliphatic carbocycles. The van der Waals surface area contributed by atoms with Gasteiger partial charge < -0.3 is 5.11 Å². The number of nitrogens with zero attached hydrogens (tertiary/aromatic N) is 3. The molecule has 0 fully saturated rings. The molecule has 1 atom stereocenters. The molecular weight excluding hydrogens is 282 g/mol. The molecule has 0 bridgehead atoms. The molecule has 0 saturated carbocycles. The van der Waals surface area contributed by atoms with Gasteiger partial charge in [0, 0.05) is 11.1 Å². The van der Waals surface area contributed by atoms with E-state index in [0.29, 0.717) is 12.0 Å². The van der Waals surface area contributed by atoms with Crippen molar-refractivity contribution in [1.29, 1.82) is 0 Å². The molecule has 2 aromatic rings. The van der Waals surface area contributed by atoms with Crippen LogP contribution in [0.1, 0.15) is 41.5 Å². The van der Waals surface area contributed by atoms with Crippen LogP contribution in [0.25, 0.3) is 11.3 Å². The first-order valence-electron chi connectivity index (χ1n) is 7.28. The molecule has 0 saturated heterocycles. The van der Waals surface area contributed by atoms with Gasteiger partial charge in [-0.25, -0.2) is 9.48 Å². The number of fused-ring (bicyclic) bond motifs is 3. The Labute approximate surface area is 127 Å². The number of aldehydes is 1. The second kappa shape index (κ2) is 5.36. The number of carbonyl (C=O) groups excluding carboxylic acids is 1. The van der Waals surface area contributed by atoms with Crippen molar-refractivity contribution in [1.82, 2.24) is 15.0 Å². The number of aliphatic carboxylic acids is 1. The van der Waals surface area contributed by atoms with E-state index < -0.39 is 12.0 Å². The van der Waals surface area contributed by atoms with Crippen LogP contribution in [0.4, 0.5) is 0 Å². The molecule has 114 valence electrons. The van der Waals surface area contributed by atoms with E-state index in [-0.39, 0.29) is 5.92 Å². The molecule has 0 unspecified atom stereocenters. The highest BCUT2D eigenvalue weighted by Crippen LogP contribution is 2.34. The molecule has 1 heterocycles. The highest BCUT2D eigenvalue weighted by atomic mass is 16.4. The summed E-state index contributed by atoms with van der Waals surface area (Å²) in [5.41, 5.74) is 4.21. The lowest BCUT2D eigenvalue weighted by Gasteiger charge is -2.21. The molecule has 0 radical (unpaired) electrons. The smallest absolute Gasteiger partial charge is 0.328 e. The third-order valence-electron chi connectivity index (χ3n) is 4.09. The minimum Gasteiger partial charge on any atom is -0.480 e. The predicted octanol–water partition coefficient (Wildman–Crippen LogP) is 2.14. The number of hydrogen-bond acceptors (Lipinski definition) is 4. The number of aromatic nitrogens is 3. The highest BCUT2D eigenvalue weighted by Gasteiger charge is 2.31. The van der Waals surface area contributed by atoms with Crippen LogP contribution in [0.2, 0.25) is 0 Å². The van der Waals surface area contributed by atoms with Gasteiger partial charge in [0.25, 0.3) is 0 Å². The van der Waals surface area contributed by atoms with Crippen molar-refractivity contribution in [3.05, 3.63) is 35.0 Å². The Morgan fingerprint density at radius 3 is 2.77 bits per heavy atom. The van der Waals surface area contributed by atoms with Crippen molar-refractivity contribution in [2.24, 2.45) is 5.92 Å². The average Bonchev–Trinajstić information content (AvgIpc) is 2.90. The van der Waals surface area contributed by atoms with Crippen molar-refractivity contribution < 1.29 is 14.7 Å². The Bertz CT molecular complexity index is 749. The van der Waals surface area contributed by atoms with E-state index in [1.165, 1.54) is 0 Å². The zero-order valence-corrected chi connectivity index (χ0v) is 12.5. The van der Waals surface area contributed by atoms with E-state index in [1.807, 2.05) is 26.0 Å². The van der Waals surface area contributed by atoms with E-state index in [1.54, 1.807) is 10.7 Å². The first-order valence-corrected chi connectivity index (χ1v) is 7.28. The Balaban J connectivity index is 2.10. The van der Waals surface area contributed by atoms with Gasteiger partial charge in [-0.05, 0) is 30.4 Å². The Hall–Kier alpha value is -2.50. The van der Waals surface area contributed by atoms with Crippen molar-refractivity contribution >= 4 is 12.3 Å². The largest absolute Gasteiger partial charge is 0.480 e. The van der Waals surface area contributed by atoms with Gasteiger partial charge in [-0.2, -0.15) is 0 Å². The van der Waals surface area contributed by atoms with Gasteiger partial charge in [0.2, 0.25) is 0 Å². The van der Waals surface area contributed by atoms with Crippen molar-refractivity contribution in [3.8, 4) is 11.3 Å². The summed E-state index contributed by atoms with van der Waals surface area (Å²) in [6.07, 6.45) is 2.25. The summed E-state index contributed by atoms with van der Waals surface area (Å²) in [5.74, 6) is -0.980.